The third kappa shape index (κ3) is 1.79. The number of benzene rings is 3. The van der Waals surface area contributed by atoms with Gasteiger partial charge in [0.25, 0.3) is 0 Å². The van der Waals surface area contributed by atoms with Gasteiger partial charge in [-0.2, -0.15) is 0 Å². The summed E-state index contributed by atoms with van der Waals surface area (Å²) in [5.41, 5.74) is 1.02. The molecule has 0 saturated carbocycles. The molecule has 2 heterocycles. The molecule has 0 bridgehead atoms. The van der Waals surface area contributed by atoms with Gasteiger partial charge >= 0.3 is 5.97 Å². The lowest BCUT2D eigenvalue weighted by molar-refractivity contribution is 0.0222. The summed E-state index contributed by atoms with van der Waals surface area (Å²) >= 11 is 4.41. The highest BCUT2D eigenvalue weighted by atomic mass is 32.1. The summed E-state index contributed by atoms with van der Waals surface area (Å²) in [6, 6.07) is 14.7. The Morgan fingerprint density at radius 2 is 1.46 bits per heavy atom. The molecule has 0 atom stereocenters. The predicted octanol–water partition coefficient (Wildman–Crippen LogP) is 3.95. The third-order valence-corrected chi connectivity index (χ3v) is 5.15. The van der Waals surface area contributed by atoms with Crippen molar-refractivity contribution in [1.29, 1.82) is 0 Å². The first kappa shape index (κ1) is 15.2. The second-order valence-electron chi connectivity index (χ2n) is 6.23. The lowest BCUT2D eigenvalue weighted by Crippen LogP contribution is -2.32. The first-order valence-electron chi connectivity index (χ1n) is 7.91. The molecular formula is C20H12O5S. The van der Waals surface area contributed by atoms with Crippen molar-refractivity contribution < 1.29 is 24.5 Å². The molecule has 1 spiro atoms. The Hall–Kier alpha value is -3.12. The molecule has 26 heavy (non-hydrogen) atoms. The lowest BCUT2D eigenvalue weighted by Gasteiger charge is -2.36. The van der Waals surface area contributed by atoms with Crippen LogP contribution < -0.4 is 4.74 Å². The third-order valence-electron chi connectivity index (χ3n) is 4.78. The molecule has 0 aliphatic carbocycles. The number of aromatic hydroxyl groups is 2. The number of fused-ring (bicyclic) bond motifs is 6. The maximum Gasteiger partial charge on any atom is 0.341 e. The minimum Gasteiger partial charge on any atom is -0.508 e. The van der Waals surface area contributed by atoms with Crippen molar-refractivity contribution in [3.8, 4) is 23.0 Å². The highest BCUT2D eigenvalue weighted by Gasteiger charge is 2.54. The van der Waals surface area contributed by atoms with Gasteiger partial charge in [-0.25, -0.2) is 4.79 Å². The van der Waals surface area contributed by atoms with Crippen LogP contribution >= 0.6 is 12.6 Å². The number of hydrogen-bond donors (Lipinski definition) is 3. The van der Waals surface area contributed by atoms with E-state index in [0.29, 0.717) is 38.6 Å². The van der Waals surface area contributed by atoms with E-state index >= 15 is 0 Å². The topological polar surface area (TPSA) is 76.0 Å². The Morgan fingerprint density at radius 3 is 2.08 bits per heavy atom. The number of rotatable bonds is 0. The van der Waals surface area contributed by atoms with Gasteiger partial charge in [-0.3, -0.25) is 0 Å². The molecule has 0 aromatic heterocycles. The fraction of sp³-hybridized carbons (Fsp3) is 0.0500. The Morgan fingerprint density at radius 1 is 0.846 bits per heavy atom. The van der Waals surface area contributed by atoms with Crippen molar-refractivity contribution >= 4 is 18.6 Å². The van der Waals surface area contributed by atoms with Crippen molar-refractivity contribution in [2.24, 2.45) is 0 Å². The summed E-state index contributed by atoms with van der Waals surface area (Å²) in [5.74, 6) is 0.275. The number of phenols is 2. The summed E-state index contributed by atoms with van der Waals surface area (Å²) in [4.78, 5) is 13.2. The maximum absolute atomic E-state index is 12.7. The van der Waals surface area contributed by atoms with Crippen LogP contribution in [-0.4, -0.2) is 16.2 Å². The van der Waals surface area contributed by atoms with Gasteiger partial charge in [-0.15, -0.1) is 12.6 Å². The van der Waals surface area contributed by atoms with E-state index in [0.717, 1.165) is 0 Å². The lowest BCUT2D eigenvalue weighted by atomic mass is 9.77. The molecule has 128 valence electrons. The van der Waals surface area contributed by atoms with Gasteiger partial charge in [0.15, 0.2) is 5.60 Å². The summed E-state index contributed by atoms with van der Waals surface area (Å²) in [7, 11) is 0. The van der Waals surface area contributed by atoms with Crippen molar-refractivity contribution in [2.45, 2.75) is 10.5 Å². The Bertz CT molecular complexity index is 1050. The van der Waals surface area contributed by atoms with Gasteiger partial charge in [0, 0.05) is 33.7 Å². The van der Waals surface area contributed by atoms with Gasteiger partial charge in [0.05, 0.1) is 5.56 Å². The summed E-state index contributed by atoms with van der Waals surface area (Å²) in [6.07, 6.45) is 0. The van der Waals surface area contributed by atoms with Crippen molar-refractivity contribution in [3.63, 3.8) is 0 Å². The van der Waals surface area contributed by atoms with Crippen LogP contribution in [-0.2, 0) is 10.3 Å². The Labute approximate surface area is 153 Å². The average Bonchev–Trinajstić information content (AvgIpc) is 2.89. The van der Waals surface area contributed by atoms with Crippen LogP contribution in [0.25, 0.3) is 0 Å². The molecule has 0 radical (unpaired) electrons. The normalized spacial score (nSPS) is 15.7. The van der Waals surface area contributed by atoms with E-state index in [-0.39, 0.29) is 11.5 Å². The summed E-state index contributed by atoms with van der Waals surface area (Å²) < 4.78 is 11.8. The molecule has 3 aromatic carbocycles. The predicted molar refractivity (Wildman–Crippen MR) is 95.3 cm³/mol. The summed E-state index contributed by atoms with van der Waals surface area (Å²) in [5, 5.41) is 19.7. The number of carbonyl (C=O) groups is 1. The Balaban J connectivity index is 1.92. The number of thiol groups is 1. The van der Waals surface area contributed by atoms with Gasteiger partial charge in [-0.05, 0) is 30.3 Å². The molecule has 0 unspecified atom stereocenters. The van der Waals surface area contributed by atoms with Crippen LogP contribution in [0.3, 0.4) is 0 Å². The van der Waals surface area contributed by atoms with E-state index < -0.39 is 11.6 Å². The minimum atomic E-state index is -1.23. The molecule has 3 aromatic rings. The van der Waals surface area contributed by atoms with Crippen molar-refractivity contribution in [2.75, 3.05) is 0 Å². The fourth-order valence-corrected chi connectivity index (χ4v) is 4.03. The van der Waals surface area contributed by atoms with Crippen LogP contribution in [0.2, 0.25) is 0 Å². The maximum atomic E-state index is 12.7. The van der Waals surface area contributed by atoms with Gasteiger partial charge < -0.3 is 19.7 Å². The van der Waals surface area contributed by atoms with Gasteiger partial charge in [-0.1, -0.05) is 12.1 Å². The minimum absolute atomic E-state index is 0.0231. The number of phenolic OH excluding ortho intramolecular Hbond substituents is 2. The van der Waals surface area contributed by atoms with E-state index in [1.807, 2.05) is 6.07 Å². The largest absolute Gasteiger partial charge is 0.508 e. The molecule has 0 saturated heterocycles. The highest BCUT2D eigenvalue weighted by molar-refractivity contribution is 7.80. The molecule has 2 aliphatic heterocycles. The van der Waals surface area contributed by atoms with Crippen LogP contribution in [0.15, 0.2) is 59.5 Å². The van der Waals surface area contributed by atoms with Gasteiger partial charge in [0.2, 0.25) is 0 Å². The van der Waals surface area contributed by atoms with E-state index in [9.17, 15) is 15.0 Å². The highest BCUT2D eigenvalue weighted by Crippen LogP contribution is 2.57. The van der Waals surface area contributed by atoms with Gasteiger partial charge in [0.1, 0.15) is 23.0 Å². The molecular weight excluding hydrogens is 352 g/mol. The number of esters is 1. The van der Waals surface area contributed by atoms with Crippen LogP contribution in [0.4, 0.5) is 0 Å². The van der Waals surface area contributed by atoms with Crippen LogP contribution in [0.5, 0.6) is 23.0 Å². The standard InChI is InChI=1S/C20H12O5S/c21-10-4-6-12-15(8-10)24-16-9-11(22)5-7-13(16)20(12)14-2-1-3-17(26)18(14)19(23)25-20/h1-9,21-22,26H. The SMILES string of the molecule is O=C1OC2(c3ccc(O)cc3Oc3cc(O)ccc32)c2cccc(S)c21. The zero-order valence-electron chi connectivity index (χ0n) is 13.3. The molecule has 5 nitrogen and oxygen atoms in total. The Kier molecular flexibility index (Phi) is 2.89. The van der Waals surface area contributed by atoms with Crippen molar-refractivity contribution in [1.82, 2.24) is 0 Å². The molecule has 0 fully saturated rings. The zero-order chi connectivity index (χ0) is 18.1. The first-order valence-corrected chi connectivity index (χ1v) is 8.36. The number of carbonyl (C=O) groups excluding carboxylic acids is 1. The first-order chi connectivity index (χ1) is 12.5. The number of hydrogen-bond acceptors (Lipinski definition) is 6. The second kappa shape index (κ2) is 4.95. The van der Waals surface area contributed by atoms with Crippen LogP contribution in [0.1, 0.15) is 27.0 Å². The fourth-order valence-electron chi connectivity index (χ4n) is 3.73. The quantitative estimate of drug-likeness (QED) is 0.416. The summed E-state index contributed by atoms with van der Waals surface area (Å²) in [6.45, 7) is 0. The molecule has 5 rings (SSSR count). The van der Waals surface area contributed by atoms with E-state index in [1.165, 1.54) is 24.3 Å². The molecule has 2 aliphatic rings. The van der Waals surface area contributed by atoms with Crippen LogP contribution in [0, 0.1) is 0 Å². The monoisotopic (exact) mass is 364 g/mol. The molecule has 2 N–H and O–H groups in total. The molecule has 0 amide bonds. The number of ether oxygens (including phenoxy) is 2. The zero-order valence-corrected chi connectivity index (χ0v) is 14.2. The van der Waals surface area contributed by atoms with E-state index in [2.05, 4.69) is 12.6 Å². The van der Waals surface area contributed by atoms with E-state index in [1.54, 1.807) is 24.3 Å². The van der Waals surface area contributed by atoms with E-state index in [4.69, 9.17) is 9.47 Å². The average molecular weight is 364 g/mol. The molecule has 6 heteroatoms. The smallest absolute Gasteiger partial charge is 0.341 e. The van der Waals surface area contributed by atoms with Crippen molar-refractivity contribution in [3.05, 3.63) is 76.9 Å². The second-order valence-corrected chi connectivity index (χ2v) is 6.72.